The molecule has 3 fully saturated rings. The first-order valence-electron chi connectivity index (χ1n) is 9.01. The van der Waals surface area contributed by atoms with E-state index in [1.54, 1.807) is 4.90 Å². The van der Waals surface area contributed by atoms with Crippen LogP contribution in [0.2, 0.25) is 0 Å². The molecule has 0 aromatic heterocycles. The highest BCUT2D eigenvalue weighted by Gasteiger charge is 2.54. The molecule has 1 aliphatic carbocycles. The fourth-order valence-electron chi connectivity index (χ4n) is 3.96. The summed E-state index contributed by atoms with van der Waals surface area (Å²) in [4.78, 5) is 25.9. The van der Waals surface area contributed by atoms with Crippen LogP contribution >= 0.6 is 0 Å². The number of nitrogens with zero attached hydrogens (tertiary/aromatic N) is 2. The van der Waals surface area contributed by atoms with E-state index in [1.807, 2.05) is 0 Å². The molecule has 9 heteroatoms. The molecule has 27 heavy (non-hydrogen) atoms. The number of carbonyl (C=O) groups is 2. The smallest absolute Gasteiger partial charge is 0.414 e. The van der Waals surface area contributed by atoms with Crippen molar-refractivity contribution in [1.82, 2.24) is 5.32 Å². The number of halogens is 2. The monoisotopic (exact) mass is 380 g/mol. The lowest BCUT2D eigenvalue weighted by Gasteiger charge is -2.22. The fraction of sp³-hybridized carbons (Fsp3) is 0.556. The molecule has 3 aliphatic rings. The van der Waals surface area contributed by atoms with Gasteiger partial charge in [-0.3, -0.25) is 9.69 Å². The molecule has 3 N–H and O–H groups in total. The molecule has 1 saturated carbocycles. The van der Waals surface area contributed by atoms with Gasteiger partial charge in [-0.25, -0.2) is 13.6 Å². The van der Waals surface area contributed by atoms with E-state index in [2.05, 4.69) is 5.32 Å². The van der Waals surface area contributed by atoms with E-state index in [4.69, 9.17) is 10.5 Å². The van der Waals surface area contributed by atoms with E-state index in [9.17, 15) is 18.4 Å². The minimum atomic E-state index is -0.729. The van der Waals surface area contributed by atoms with Crippen molar-refractivity contribution < 1.29 is 23.1 Å². The highest BCUT2D eigenvalue weighted by Crippen LogP contribution is 2.53. The summed E-state index contributed by atoms with van der Waals surface area (Å²) in [6.07, 6.45) is 0.707. The molecule has 7 nitrogen and oxygen atoms in total. The lowest BCUT2D eigenvalue weighted by atomic mass is 10.0. The number of ether oxygens (including phenoxy) is 1. The predicted octanol–water partition coefficient (Wildman–Crippen LogP) is 1.35. The predicted molar refractivity (Wildman–Crippen MR) is 94.5 cm³/mol. The largest absolute Gasteiger partial charge is 0.442 e. The molecular weight excluding hydrogens is 358 g/mol. The lowest BCUT2D eigenvalue weighted by Crippen LogP contribution is -2.33. The van der Waals surface area contributed by atoms with Gasteiger partial charge < -0.3 is 20.7 Å². The summed E-state index contributed by atoms with van der Waals surface area (Å²) in [6.45, 7) is 2.57. The minimum Gasteiger partial charge on any atom is -0.442 e. The van der Waals surface area contributed by atoms with Crippen LogP contribution in [0.25, 0.3) is 0 Å². The van der Waals surface area contributed by atoms with Crippen LogP contribution in [0.3, 0.4) is 0 Å². The van der Waals surface area contributed by atoms with Crippen LogP contribution in [0.15, 0.2) is 12.1 Å². The Bertz CT molecular complexity index is 776. The number of benzene rings is 1. The number of cyclic esters (lactones) is 1. The van der Waals surface area contributed by atoms with Crippen LogP contribution in [-0.4, -0.2) is 50.3 Å². The fourth-order valence-corrected chi connectivity index (χ4v) is 3.96. The van der Waals surface area contributed by atoms with E-state index >= 15 is 0 Å². The maximum absolute atomic E-state index is 14.7. The Kier molecular flexibility index (Phi) is 4.21. The zero-order valence-corrected chi connectivity index (χ0v) is 15.0. The molecule has 0 bridgehead atoms. The Balaban J connectivity index is 1.52. The van der Waals surface area contributed by atoms with Crippen molar-refractivity contribution in [3.8, 4) is 0 Å². The third-order valence-corrected chi connectivity index (χ3v) is 5.68. The molecule has 1 unspecified atom stereocenters. The lowest BCUT2D eigenvalue weighted by molar-refractivity contribution is -0.119. The molecule has 1 aromatic carbocycles. The van der Waals surface area contributed by atoms with Crippen molar-refractivity contribution in [2.75, 3.05) is 36.0 Å². The third-order valence-electron chi connectivity index (χ3n) is 5.68. The number of nitrogens with one attached hydrogen (secondary N) is 1. The molecule has 2 heterocycles. The van der Waals surface area contributed by atoms with Crippen LogP contribution in [0, 0.1) is 17.0 Å². The zero-order valence-electron chi connectivity index (χ0n) is 15.0. The van der Waals surface area contributed by atoms with E-state index < -0.39 is 23.8 Å². The number of hydrogen-bond acceptors (Lipinski definition) is 5. The molecule has 2 amide bonds. The topological polar surface area (TPSA) is 87.9 Å². The minimum absolute atomic E-state index is 0.00670. The first-order chi connectivity index (χ1) is 12.8. The van der Waals surface area contributed by atoms with Crippen LogP contribution in [0.1, 0.15) is 19.8 Å². The molecule has 2 aliphatic heterocycles. The van der Waals surface area contributed by atoms with Crippen molar-refractivity contribution >= 4 is 23.4 Å². The second-order valence-corrected chi connectivity index (χ2v) is 7.66. The van der Waals surface area contributed by atoms with Gasteiger partial charge in [0.2, 0.25) is 5.91 Å². The van der Waals surface area contributed by atoms with Crippen molar-refractivity contribution in [3.63, 3.8) is 0 Å². The van der Waals surface area contributed by atoms with Gasteiger partial charge in [0.15, 0.2) is 11.6 Å². The molecule has 146 valence electrons. The SMILES string of the molecule is CC(=O)NC[C@H]1CN(c2cc(F)c(N3CC(N)C4(CC4)C3)c(F)c2)C(=O)O1. The van der Waals surface area contributed by atoms with E-state index in [1.165, 1.54) is 11.8 Å². The average Bonchev–Trinajstić information content (AvgIpc) is 3.16. The number of carbonyl (C=O) groups excluding carboxylic acids is 2. The molecule has 1 spiro atoms. The first kappa shape index (κ1) is 18.0. The summed E-state index contributed by atoms with van der Waals surface area (Å²) in [7, 11) is 0. The Morgan fingerprint density at radius 1 is 1.33 bits per heavy atom. The summed E-state index contributed by atoms with van der Waals surface area (Å²) >= 11 is 0. The van der Waals surface area contributed by atoms with Gasteiger partial charge in [-0.15, -0.1) is 0 Å². The van der Waals surface area contributed by atoms with Gasteiger partial charge in [-0.05, 0) is 12.8 Å². The molecule has 2 atom stereocenters. The van der Waals surface area contributed by atoms with Gasteiger partial charge in [0.25, 0.3) is 0 Å². The number of rotatable bonds is 4. The normalized spacial score (nSPS) is 25.9. The molecule has 2 saturated heterocycles. The van der Waals surface area contributed by atoms with Crippen molar-refractivity contribution in [2.45, 2.75) is 31.9 Å². The van der Waals surface area contributed by atoms with Gasteiger partial charge in [0.1, 0.15) is 11.8 Å². The zero-order chi connectivity index (χ0) is 19.3. The quantitative estimate of drug-likeness (QED) is 0.823. The van der Waals surface area contributed by atoms with E-state index in [-0.39, 0.29) is 41.8 Å². The number of nitrogens with two attached hydrogens (primary N) is 1. The second kappa shape index (κ2) is 6.33. The van der Waals surface area contributed by atoms with Gasteiger partial charge in [0.05, 0.1) is 18.8 Å². The van der Waals surface area contributed by atoms with Gasteiger partial charge >= 0.3 is 6.09 Å². The highest BCUT2D eigenvalue weighted by atomic mass is 19.1. The number of anilines is 2. The standard InChI is InChI=1S/C18H22F2N4O3/c1-10(25)22-6-12-7-24(17(26)27-12)11-4-13(19)16(14(20)5-11)23-8-15(21)18(9-23)2-3-18/h4-5,12,15H,2-3,6-9,21H2,1H3,(H,22,25)/t12-,15?/m0/s1. The number of hydrogen-bond donors (Lipinski definition) is 2. The van der Waals surface area contributed by atoms with Crippen LogP contribution in [-0.2, 0) is 9.53 Å². The molecule has 0 radical (unpaired) electrons. The van der Waals surface area contributed by atoms with Crippen LogP contribution in [0.4, 0.5) is 25.0 Å². The van der Waals surface area contributed by atoms with Gasteiger partial charge in [-0.1, -0.05) is 0 Å². The summed E-state index contributed by atoms with van der Waals surface area (Å²) in [5.74, 6) is -1.70. The maximum Gasteiger partial charge on any atom is 0.414 e. The summed E-state index contributed by atoms with van der Waals surface area (Å²) in [6, 6.07) is 2.20. The first-order valence-corrected chi connectivity index (χ1v) is 9.01. The Morgan fingerprint density at radius 3 is 2.56 bits per heavy atom. The van der Waals surface area contributed by atoms with Crippen LogP contribution < -0.4 is 20.9 Å². The highest BCUT2D eigenvalue weighted by molar-refractivity contribution is 5.90. The van der Waals surface area contributed by atoms with Gasteiger partial charge in [-0.2, -0.15) is 0 Å². The molecular formula is C18H22F2N4O3. The number of amides is 2. The maximum atomic E-state index is 14.7. The van der Waals surface area contributed by atoms with Gasteiger partial charge in [0, 0.05) is 43.6 Å². The Hall–Kier alpha value is -2.42. The summed E-state index contributed by atoms with van der Waals surface area (Å²) in [5, 5.41) is 2.56. The van der Waals surface area contributed by atoms with Crippen molar-refractivity contribution in [2.24, 2.45) is 11.1 Å². The van der Waals surface area contributed by atoms with Crippen molar-refractivity contribution in [3.05, 3.63) is 23.8 Å². The average molecular weight is 380 g/mol. The summed E-state index contributed by atoms with van der Waals surface area (Å²) in [5.41, 5.74) is 6.12. The van der Waals surface area contributed by atoms with Crippen molar-refractivity contribution in [1.29, 1.82) is 0 Å². The molecule has 4 rings (SSSR count). The Labute approximate surface area is 155 Å². The second-order valence-electron chi connectivity index (χ2n) is 7.66. The van der Waals surface area contributed by atoms with E-state index in [0.29, 0.717) is 13.1 Å². The van der Waals surface area contributed by atoms with Crippen LogP contribution in [0.5, 0.6) is 0 Å². The third kappa shape index (κ3) is 3.20. The Morgan fingerprint density at radius 2 is 2.00 bits per heavy atom. The van der Waals surface area contributed by atoms with E-state index in [0.717, 1.165) is 25.0 Å². The summed E-state index contributed by atoms with van der Waals surface area (Å²) < 4.78 is 34.6. The molecule has 1 aromatic rings.